The molecule has 0 aromatic heterocycles. The highest BCUT2D eigenvalue weighted by molar-refractivity contribution is 5.58. The number of benzene rings is 1. The maximum atomic E-state index is 9.17. The summed E-state index contributed by atoms with van der Waals surface area (Å²) >= 11 is 0. The first kappa shape index (κ1) is 13.0. The fourth-order valence-corrected chi connectivity index (χ4v) is 2.78. The number of nitriles is 1. The highest BCUT2D eigenvalue weighted by Crippen LogP contribution is 2.36. The Labute approximate surface area is 110 Å². The van der Waals surface area contributed by atoms with Gasteiger partial charge in [0.25, 0.3) is 0 Å². The number of hydrogen-bond donors (Lipinski definition) is 0. The third-order valence-corrected chi connectivity index (χ3v) is 4.29. The molecule has 1 atom stereocenters. The van der Waals surface area contributed by atoms with E-state index in [0.717, 1.165) is 19.4 Å². The minimum absolute atomic E-state index is 0.145. The van der Waals surface area contributed by atoms with E-state index in [-0.39, 0.29) is 11.5 Å². The largest absolute Gasteiger partial charge is 0.365 e. The second-order valence-corrected chi connectivity index (χ2v) is 6.01. The predicted octanol–water partition coefficient (Wildman–Crippen LogP) is 3.82. The molecule has 0 saturated carbocycles. The van der Waals surface area contributed by atoms with Gasteiger partial charge in [-0.15, -0.1) is 0 Å². The topological polar surface area (TPSA) is 27.0 Å². The molecule has 1 aromatic rings. The molecule has 96 valence electrons. The molecular weight excluding hydrogens is 220 g/mol. The molecule has 0 bridgehead atoms. The predicted molar refractivity (Wildman–Crippen MR) is 75.7 cm³/mol. The average molecular weight is 242 g/mol. The summed E-state index contributed by atoms with van der Waals surface area (Å²) in [5.74, 6) is 0.165. The van der Waals surface area contributed by atoms with E-state index in [0.29, 0.717) is 0 Å². The van der Waals surface area contributed by atoms with Crippen LogP contribution < -0.4 is 4.90 Å². The first-order valence-corrected chi connectivity index (χ1v) is 6.69. The van der Waals surface area contributed by atoms with Gasteiger partial charge in [0.2, 0.25) is 0 Å². The van der Waals surface area contributed by atoms with Gasteiger partial charge in [-0.25, -0.2) is 0 Å². The molecule has 2 rings (SSSR count). The minimum Gasteiger partial charge on any atom is -0.365 e. The highest BCUT2D eigenvalue weighted by Gasteiger charge is 2.34. The SMILES string of the molecule is Cc1cccc(N2CC(C#N)CCC2(C)C)c1C. The fourth-order valence-electron chi connectivity index (χ4n) is 2.78. The van der Waals surface area contributed by atoms with Crippen LogP contribution in [0.3, 0.4) is 0 Å². The molecule has 0 radical (unpaired) electrons. The Hall–Kier alpha value is -1.49. The van der Waals surface area contributed by atoms with Gasteiger partial charge in [-0.05, 0) is 57.7 Å². The number of hydrogen-bond acceptors (Lipinski definition) is 2. The van der Waals surface area contributed by atoms with Crippen LogP contribution in [-0.4, -0.2) is 12.1 Å². The quantitative estimate of drug-likeness (QED) is 0.748. The van der Waals surface area contributed by atoms with Crippen molar-refractivity contribution in [2.45, 2.75) is 46.1 Å². The van der Waals surface area contributed by atoms with Crippen molar-refractivity contribution < 1.29 is 0 Å². The fraction of sp³-hybridized carbons (Fsp3) is 0.562. The van der Waals surface area contributed by atoms with Crippen molar-refractivity contribution >= 4 is 5.69 Å². The zero-order chi connectivity index (χ0) is 13.3. The van der Waals surface area contributed by atoms with Crippen LogP contribution >= 0.6 is 0 Å². The molecule has 1 fully saturated rings. The standard InChI is InChI=1S/C16H22N2/c1-12-6-5-7-15(13(12)2)18-11-14(10-17)8-9-16(18,3)4/h5-7,14H,8-9,11H2,1-4H3. The van der Waals surface area contributed by atoms with Gasteiger partial charge >= 0.3 is 0 Å². The van der Waals surface area contributed by atoms with Crippen molar-refractivity contribution in [1.82, 2.24) is 0 Å². The van der Waals surface area contributed by atoms with Gasteiger partial charge in [-0.3, -0.25) is 0 Å². The van der Waals surface area contributed by atoms with Crippen LogP contribution in [0.4, 0.5) is 5.69 Å². The van der Waals surface area contributed by atoms with E-state index in [4.69, 9.17) is 0 Å². The van der Waals surface area contributed by atoms with Gasteiger partial charge in [0.15, 0.2) is 0 Å². The van der Waals surface area contributed by atoms with Crippen molar-refractivity contribution in [1.29, 1.82) is 5.26 Å². The Kier molecular flexibility index (Phi) is 3.34. The summed E-state index contributed by atoms with van der Waals surface area (Å²) in [5, 5.41) is 9.17. The molecule has 1 saturated heterocycles. The molecule has 2 heteroatoms. The molecule has 1 heterocycles. The van der Waals surface area contributed by atoms with E-state index in [1.54, 1.807) is 0 Å². The number of nitrogens with zero attached hydrogens (tertiary/aromatic N) is 2. The average Bonchev–Trinajstić information content (AvgIpc) is 2.33. The second-order valence-electron chi connectivity index (χ2n) is 6.01. The van der Waals surface area contributed by atoms with E-state index in [9.17, 15) is 5.26 Å². The molecule has 1 unspecified atom stereocenters. The lowest BCUT2D eigenvalue weighted by molar-refractivity contribution is 0.325. The lowest BCUT2D eigenvalue weighted by Crippen LogP contribution is -2.50. The van der Waals surface area contributed by atoms with Gasteiger partial charge in [-0.1, -0.05) is 12.1 Å². The molecule has 18 heavy (non-hydrogen) atoms. The van der Waals surface area contributed by atoms with Crippen LogP contribution in [0.25, 0.3) is 0 Å². The summed E-state index contributed by atoms with van der Waals surface area (Å²) in [4.78, 5) is 2.42. The highest BCUT2D eigenvalue weighted by atomic mass is 15.2. The lowest BCUT2D eigenvalue weighted by Gasteiger charge is -2.46. The summed E-state index contributed by atoms with van der Waals surface area (Å²) in [5.41, 5.74) is 4.10. The van der Waals surface area contributed by atoms with Crippen LogP contribution in [0, 0.1) is 31.1 Å². The molecule has 0 spiro atoms. The second kappa shape index (κ2) is 4.65. The summed E-state index contributed by atoms with van der Waals surface area (Å²) in [7, 11) is 0. The van der Waals surface area contributed by atoms with E-state index in [2.05, 4.69) is 56.9 Å². The zero-order valence-electron chi connectivity index (χ0n) is 11.8. The molecule has 2 nitrogen and oxygen atoms in total. The van der Waals surface area contributed by atoms with Gasteiger partial charge in [0.1, 0.15) is 0 Å². The van der Waals surface area contributed by atoms with Crippen LogP contribution in [0.5, 0.6) is 0 Å². The van der Waals surface area contributed by atoms with Crippen molar-refractivity contribution in [2.24, 2.45) is 5.92 Å². The Morgan fingerprint density at radius 3 is 2.72 bits per heavy atom. The Morgan fingerprint density at radius 2 is 2.06 bits per heavy atom. The number of rotatable bonds is 1. The molecule has 0 aliphatic carbocycles. The Morgan fingerprint density at radius 1 is 1.33 bits per heavy atom. The van der Waals surface area contributed by atoms with Crippen molar-refractivity contribution in [3.8, 4) is 6.07 Å². The maximum absolute atomic E-state index is 9.17. The Balaban J connectivity index is 2.40. The zero-order valence-corrected chi connectivity index (χ0v) is 11.8. The molecule has 1 aliphatic heterocycles. The van der Waals surface area contributed by atoms with E-state index in [1.807, 2.05) is 0 Å². The van der Waals surface area contributed by atoms with Gasteiger partial charge in [-0.2, -0.15) is 5.26 Å². The van der Waals surface area contributed by atoms with Crippen LogP contribution in [-0.2, 0) is 0 Å². The van der Waals surface area contributed by atoms with Gasteiger partial charge < -0.3 is 4.90 Å². The summed E-state index contributed by atoms with van der Waals surface area (Å²) in [6.07, 6.45) is 2.10. The third kappa shape index (κ3) is 2.22. The smallest absolute Gasteiger partial charge is 0.0674 e. The summed E-state index contributed by atoms with van der Waals surface area (Å²) < 4.78 is 0. The van der Waals surface area contributed by atoms with Crippen molar-refractivity contribution in [3.05, 3.63) is 29.3 Å². The monoisotopic (exact) mass is 242 g/mol. The van der Waals surface area contributed by atoms with E-state index < -0.39 is 0 Å². The molecular formula is C16H22N2. The molecule has 0 N–H and O–H groups in total. The van der Waals surface area contributed by atoms with Crippen molar-refractivity contribution in [3.63, 3.8) is 0 Å². The molecule has 1 aromatic carbocycles. The van der Waals surface area contributed by atoms with Crippen molar-refractivity contribution in [2.75, 3.05) is 11.4 Å². The van der Waals surface area contributed by atoms with Crippen LogP contribution in [0.2, 0.25) is 0 Å². The van der Waals surface area contributed by atoms with E-state index >= 15 is 0 Å². The van der Waals surface area contributed by atoms with Crippen LogP contribution in [0.15, 0.2) is 18.2 Å². The minimum atomic E-state index is 0.145. The van der Waals surface area contributed by atoms with Gasteiger partial charge in [0.05, 0.1) is 12.0 Å². The number of piperidine rings is 1. The first-order valence-electron chi connectivity index (χ1n) is 6.69. The summed E-state index contributed by atoms with van der Waals surface area (Å²) in [6, 6.07) is 8.88. The Bertz CT molecular complexity index is 482. The number of anilines is 1. The summed E-state index contributed by atoms with van der Waals surface area (Å²) in [6.45, 7) is 9.74. The van der Waals surface area contributed by atoms with E-state index in [1.165, 1.54) is 16.8 Å². The normalized spacial score (nSPS) is 22.6. The van der Waals surface area contributed by atoms with Gasteiger partial charge in [0, 0.05) is 17.8 Å². The maximum Gasteiger partial charge on any atom is 0.0674 e. The third-order valence-electron chi connectivity index (χ3n) is 4.29. The lowest BCUT2D eigenvalue weighted by atomic mass is 9.84. The molecule has 1 aliphatic rings. The first-order chi connectivity index (χ1) is 8.45. The molecule has 0 amide bonds. The van der Waals surface area contributed by atoms with Crippen LogP contribution in [0.1, 0.15) is 37.8 Å². The number of aryl methyl sites for hydroxylation is 1.